The quantitative estimate of drug-likeness (QED) is 0.884. The van der Waals surface area contributed by atoms with E-state index in [9.17, 15) is 0 Å². The van der Waals surface area contributed by atoms with E-state index in [1.54, 1.807) is 11.3 Å². The Bertz CT molecular complexity index is 501. The van der Waals surface area contributed by atoms with Gasteiger partial charge in [-0.15, -0.1) is 10.2 Å². The van der Waals surface area contributed by atoms with Crippen LogP contribution in [0.25, 0.3) is 11.5 Å². The molecule has 2 aromatic rings. The van der Waals surface area contributed by atoms with Crippen molar-refractivity contribution in [2.75, 3.05) is 6.54 Å². The topological polar surface area (TPSA) is 51.0 Å². The molecule has 2 aromatic heterocycles. The van der Waals surface area contributed by atoms with Crippen molar-refractivity contribution in [2.24, 2.45) is 0 Å². The lowest BCUT2D eigenvalue weighted by Crippen LogP contribution is -2.19. The Morgan fingerprint density at radius 3 is 3.00 bits per heavy atom. The van der Waals surface area contributed by atoms with Crippen molar-refractivity contribution < 1.29 is 4.42 Å². The third kappa shape index (κ3) is 2.56. The second-order valence-corrected chi connectivity index (χ2v) is 5.19. The lowest BCUT2D eigenvalue weighted by Gasteiger charge is -1.97. The van der Waals surface area contributed by atoms with Gasteiger partial charge in [-0.1, -0.05) is 0 Å². The summed E-state index contributed by atoms with van der Waals surface area (Å²) in [4.78, 5) is 0. The van der Waals surface area contributed by atoms with Gasteiger partial charge in [0, 0.05) is 24.4 Å². The molecule has 3 rings (SSSR count). The van der Waals surface area contributed by atoms with E-state index in [0.29, 0.717) is 5.89 Å². The van der Waals surface area contributed by atoms with Gasteiger partial charge in [0.2, 0.25) is 11.8 Å². The highest BCUT2D eigenvalue weighted by Gasteiger charge is 2.20. The summed E-state index contributed by atoms with van der Waals surface area (Å²) in [6.45, 7) is 2.99. The highest BCUT2D eigenvalue weighted by atomic mass is 32.1. The van der Waals surface area contributed by atoms with Gasteiger partial charge < -0.3 is 9.73 Å². The summed E-state index contributed by atoms with van der Waals surface area (Å²) in [6.07, 6.45) is 3.43. The van der Waals surface area contributed by atoms with Crippen LogP contribution in [0.5, 0.6) is 0 Å². The van der Waals surface area contributed by atoms with E-state index in [1.165, 1.54) is 18.4 Å². The SMILES string of the molecule is Cc1cscc1-c1nnc(CCNC2CC2)o1. The van der Waals surface area contributed by atoms with Crippen molar-refractivity contribution in [3.05, 3.63) is 22.2 Å². The molecule has 17 heavy (non-hydrogen) atoms. The number of hydrogen-bond acceptors (Lipinski definition) is 5. The van der Waals surface area contributed by atoms with Crippen molar-refractivity contribution in [3.63, 3.8) is 0 Å². The van der Waals surface area contributed by atoms with Crippen LogP contribution in [0.15, 0.2) is 15.2 Å². The van der Waals surface area contributed by atoms with E-state index in [1.807, 2.05) is 0 Å². The average Bonchev–Trinajstić information content (AvgIpc) is 2.85. The summed E-state index contributed by atoms with van der Waals surface area (Å²) in [7, 11) is 0. The summed E-state index contributed by atoms with van der Waals surface area (Å²) >= 11 is 1.66. The molecule has 2 heterocycles. The van der Waals surface area contributed by atoms with Crippen LogP contribution in [0.3, 0.4) is 0 Å². The lowest BCUT2D eigenvalue weighted by atomic mass is 10.2. The minimum absolute atomic E-state index is 0.644. The normalized spacial score (nSPS) is 15.4. The Hall–Kier alpha value is -1.20. The molecule has 0 unspecified atom stereocenters. The van der Waals surface area contributed by atoms with Gasteiger partial charge in [0.1, 0.15) is 0 Å². The van der Waals surface area contributed by atoms with Crippen molar-refractivity contribution in [2.45, 2.75) is 32.2 Å². The molecular formula is C12H15N3OS. The third-order valence-corrected chi connectivity index (χ3v) is 3.76. The molecule has 1 saturated carbocycles. The molecule has 1 fully saturated rings. The zero-order valence-electron chi connectivity index (χ0n) is 9.77. The van der Waals surface area contributed by atoms with E-state index in [0.717, 1.165) is 30.5 Å². The van der Waals surface area contributed by atoms with Gasteiger partial charge in [-0.05, 0) is 30.7 Å². The molecule has 0 aliphatic heterocycles. The van der Waals surface area contributed by atoms with Crippen LogP contribution < -0.4 is 5.32 Å². The first-order chi connectivity index (χ1) is 8.33. The molecule has 5 heteroatoms. The maximum Gasteiger partial charge on any atom is 0.248 e. The number of aromatic nitrogens is 2. The van der Waals surface area contributed by atoms with Gasteiger partial charge >= 0.3 is 0 Å². The fraction of sp³-hybridized carbons (Fsp3) is 0.500. The second kappa shape index (κ2) is 4.58. The van der Waals surface area contributed by atoms with Crippen LogP contribution in [0, 0.1) is 6.92 Å². The molecular weight excluding hydrogens is 234 g/mol. The maximum absolute atomic E-state index is 5.66. The van der Waals surface area contributed by atoms with Gasteiger partial charge in [0.25, 0.3) is 0 Å². The van der Waals surface area contributed by atoms with Crippen LogP contribution in [0.1, 0.15) is 24.3 Å². The summed E-state index contributed by atoms with van der Waals surface area (Å²) in [5.41, 5.74) is 2.25. The van der Waals surface area contributed by atoms with Crippen molar-refractivity contribution >= 4 is 11.3 Å². The Morgan fingerprint density at radius 1 is 1.41 bits per heavy atom. The highest BCUT2D eigenvalue weighted by Crippen LogP contribution is 2.25. The first-order valence-corrected chi connectivity index (χ1v) is 6.86. The molecule has 1 aliphatic rings. The standard InChI is InChI=1S/C12H15N3OS/c1-8-6-17-7-10(8)12-15-14-11(16-12)4-5-13-9-2-3-9/h6-7,9,13H,2-5H2,1H3. The van der Waals surface area contributed by atoms with Crippen molar-refractivity contribution in [3.8, 4) is 11.5 Å². The number of aryl methyl sites for hydroxylation is 1. The van der Waals surface area contributed by atoms with Gasteiger partial charge in [-0.3, -0.25) is 0 Å². The molecule has 1 aliphatic carbocycles. The van der Waals surface area contributed by atoms with Gasteiger partial charge in [0.05, 0.1) is 5.56 Å². The molecule has 0 saturated heterocycles. The molecule has 0 amide bonds. The van der Waals surface area contributed by atoms with Crippen molar-refractivity contribution in [1.29, 1.82) is 0 Å². The summed E-state index contributed by atoms with van der Waals surface area (Å²) in [6, 6.07) is 0.733. The number of hydrogen-bond donors (Lipinski definition) is 1. The number of nitrogens with one attached hydrogen (secondary N) is 1. The summed E-state index contributed by atoms with van der Waals surface area (Å²) in [5, 5.41) is 15.8. The van der Waals surface area contributed by atoms with Crippen LogP contribution in [0.4, 0.5) is 0 Å². The van der Waals surface area contributed by atoms with Gasteiger partial charge in [0.15, 0.2) is 0 Å². The zero-order chi connectivity index (χ0) is 11.7. The molecule has 1 N–H and O–H groups in total. The predicted molar refractivity (Wildman–Crippen MR) is 67.1 cm³/mol. The highest BCUT2D eigenvalue weighted by molar-refractivity contribution is 7.08. The average molecular weight is 249 g/mol. The number of rotatable bonds is 5. The zero-order valence-corrected chi connectivity index (χ0v) is 10.6. The summed E-state index contributed by atoms with van der Waals surface area (Å²) in [5.74, 6) is 1.36. The second-order valence-electron chi connectivity index (χ2n) is 4.45. The molecule has 4 nitrogen and oxygen atoms in total. The van der Waals surface area contributed by atoms with E-state index < -0.39 is 0 Å². The van der Waals surface area contributed by atoms with E-state index in [2.05, 4.69) is 33.2 Å². The Balaban J connectivity index is 1.63. The van der Waals surface area contributed by atoms with Crippen LogP contribution in [-0.4, -0.2) is 22.8 Å². The van der Waals surface area contributed by atoms with Crippen molar-refractivity contribution in [1.82, 2.24) is 15.5 Å². The molecule has 0 spiro atoms. The maximum atomic E-state index is 5.66. The van der Waals surface area contributed by atoms with E-state index >= 15 is 0 Å². The molecule has 0 radical (unpaired) electrons. The van der Waals surface area contributed by atoms with E-state index in [4.69, 9.17) is 4.42 Å². The molecule has 90 valence electrons. The fourth-order valence-electron chi connectivity index (χ4n) is 1.71. The van der Waals surface area contributed by atoms with Crippen LogP contribution in [-0.2, 0) is 6.42 Å². The number of thiophene rings is 1. The summed E-state index contributed by atoms with van der Waals surface area (Å²) < 4.78 is 5.66. The Labute approximate surface area is 104 Å². The molecule has 0 bridgehead atoms. The minimum atomic E-state index is 0.644. The fourth-order valence-corrected chi connectivity index (χ4v) is 2.54. The Morgan fingerprint density at radius 2 is 2.29 bits per heavy atom. The molecule has 0 atom stereocenters. The first kappa shape index (κ1) is 10.9. The van der Waals surface area contributed by atoms with Crippen LogP contribution >= 0.6 is 11.3 Å². The monoisotopic (exact) mass is 249 g/mol. The minimum Gasteiger partial charge on any atom is -0.421 e. The first-order valence-electron chi connectivity index (χ1n) is 5.92. The third-order valence-electron chi connectivity index (χ3n) is 2.90. The molecule has 0 aromatic carbocycles. The van der Waals surface area contributed by atoms with Gasteiger partial charge in [-0.25, -0.2) is 0 Å². The van der Waals surface area contributed by atoms with Gasteiger partial charge in [-0.2, -0.15) is 11.3 Å². The van der Waals surface area contributed by atoms with Crippen LogP contribution in [0.2, 0.25) is 0 Å². The largest absolute Gasteiger partial charge is 0.421 e. The predicted octanol–water partition coefficient (Wildman–Crippen LogP) is 2.40. The number of nitrogens with zero attached hydrogens (tertiary/aromatic N) is 2. The Kier molecular flexibility index (Phi) is 2.94. The smallest absolute Gasteiger partial charge is 0.248 e. The lowest BCUT2D eigenvalue weighted by molar-refractivity contribution is 0.494. The van der Waals surface area contributed by atoms with E-state index in [-0.39, 0.29) is 0 Å².